The summed E-state index contributed by atoms with van der Waals surface area (Å²) in [6, 6.07) is 7.94. The van der Waals surface area contributed by atoms with E-state index in [0.717, 1.165) is 0 Å². The number of benzene rings is 2. The van der Waals surface area contributed by atoms with E-state index < -0.39 is 31.3 Å². The van der Waals surface area contributed by atoms with Crippen molar-refractivity contribution in [3.05, 3.63) is 52.4 Å². The fourth-order valence-electron chi connectivity index (χ4n) is 2.40. The Bertz CT molecular complexity index is 1150. The number of hydrogen-bond acceptors (Lipinski definition) is 7. The van der Waals surface area contributed by atoms with Crippen LogP contribution in [0.4, 0.5) is 11.4 Å². The minimum absolute atomic E-state index is 0.104. The number of phenolic OH excluding ortho intramolecular Hbond substituents is 2. The van der Waals surface area contributed by atoms with Gasteiger partial charge in [0.1, 0.15) is 0 Å². The molecule has 3 rings (SSSR count). The zero-order chi connectivity index (χ0) is 19.1. The summed E-state index contributed by atoms with van der Waals surface area (Å²) in [5.41, 5.74) is -0.732. The van der Waals surface area contributed by atoms with Gasteiger partial charge in [-0.1, -0.05) is 0 Å². The number of nitrogens with zero attached hydrogens (tertiary/aromatic N) is 2. The molecule has 3 aromatic rings. The van der Waals surface area contributed by atoms with Crippen LogP contribution in [0, 0.1) is 6.92 Å². The first-order valence-electron chi connectivity index (χ1n) is 7.25. The number of fused-ring (bicyclic) bond motifs is 1. The van der Waals surface area contributed by atoms with Crippen molar-refractivity contribution >= 4 is 40.9 Å². The molecule has 0 fully saturated rings. The zero-order valence-electron chi connectivity index (χ0n) is 13.3. The molecule has 0 saturated heterocycles. The Morgan fingerprint density at radius 2 is 1.77 bits per heavy atom. The predicted octanol–water partition coefficient (Wildman–Crippen LogP) is 1.49. The molecule has 0 saturated carbocycles. The summed E-state index contributed by atoms with van der Waals surface area (Å²) in [6.07, 6.45) is 0. The molecule has 0 aliphatic heterocycles. The Balaban J connectivity index is 2.25. The molecule has 1 heterocycles. The quantitative estimate of drug-likeness (QED) is 0.217. The van der Waals surface area contributed by atoms with Crippen molar-refractivity contribution in [1.82, 2.24) is 0 Å². The molecule has 10 heteroatoms. The third kappa shape index (κ3) is 3.27. The molecular formula is C16H13AsN2O7. The van der Waals surface area contributed by atoms with Crippen LogP contribution in [0.25, 0.3) is 11.0 Å². The number of rotatable bonds is 3. The van der Waals surface area contributed by atoms with E-state index in [4.69, 9.17) is 4.42 Å². The Hall–Kier alpha value is -2.87. The molecule has 134 valence electrons. The molecule has 0 bridgehead atoms. The minimum atomic E-state index is -5.26. The molecule has 9 nitrogen and oxygen atoms in total. The fraction of sp³-hybridized carbons (Fsp3) is 0.0625. The van der Waals surface area contributed by atoms with Gasteiger partial charge in [-0.05, 0) is 0 Å². The van der Waals surface area contributed by atoms with E-state index in [0.29, 0.717) is 10.9 Å². The van der Waals surface area contributed by atoms with E-state index in [9.17, 15) is 26.9 Å². The summed E-state index contributed by atoms with van der Waals surface area (Å²) in [6.45, 7) is 1.61. The van der Waals surface area contributed by atoms with Crippen LogP contribution < -0.4 is 9.98 Å². The van der Waals surface area contributed by atoms with Crippen LogP contribution in [0.15, 0.2) is 55.8 Å². The van der Waals surface area contributed by atoms with Crippen LogP contribution in [0.2, 0.25) is 0 Å². The SMILES string of the molecule is Cc1cc(=O)oc2c(N=Nc3ccccc3[As](=O)(O)O)c(O)c(O)cc12. The molecule has 4 N–H and O–H groups in total. The van der Waals surface area contributed by atoms with Gasteiger partial charge in [-0.25, -0.2) is 0 Å². The molecule has 26 heavy (non-hydrogen) atoms. The van der Waals surface area contributed by atoms with E-state index in [1.165, 1.54) is 36.4 Å². The third-order valence-corrected chi connectivity index (χ3v) is 5.73. The van der Waals surface area contributed by atoms with Gasteiger partial charge in [0.15, 0.2) is 0 Å². The molecule has 0 aliphatic carbocycles. The fourth-order valence-corrected chi connectivity index (χ4v) is 3.86. The summed E-state index contributed by atoms with van der Waals surface area (Å²) >= 11 is -5.26. The van der Waals surface area contributed by atoms with E-state index in [2.05, 4.69) is 10.2 Å². The van der Waals surface area contributed by atoms with Gasteiger partial charge in [-0.15, -0.1) is 0 Å². The van der Waals surface area contributed by atoms with Crippen LogP contribution in [0.1, 0.15) is 5.56 Å². The summed E-state index contributed by atoms with van der Waals surface area (Å²) in [7, 11) is 0. The average molecular weight is 420 g/mol. The topological polar surface area (TPSA) is 153 Å². The Labute approximate surface area is 148 Å². The number of aryl methyl sites for hydroxylation is 1. The van der Waals surface area contributed by atoms with E-state index in [-0.39, 0.29) is 21.3 Å². The molecule has 0 amide bonds. The monoisotopic (exact) mass is 420 g/mol. The van der Waals surface area contributed by atoms with Crippen molar-refractivity contribution in [2.45, 2.75) is 6.92 Å². The standard InChI is InChI=1S/C16H13AsN2O7/c1-8-6-13(21)26-16-9(8)7-12(20)15(22)14(16)19-18-11-5-3-2-4-10(11)17(23,24)25/h2-7,20,22H,1H3,(H2,23,24,25). The molecule has 0 aliphatic rings. The van der Waals surface area contributed by atoms with Crippen LogP contribution in [-0.4, -0.2) is 32.6 Å². The molecule has 2 aromatic carbocycles. The molecule has 0 unspecified atom stereocenters. The van der Waals surface area contributed by atoms with E-state index in [1.54, 1.807) is 6.92 Å². The maximum absolute atomic E-state index is 11.6. The van der Waals surface area contributed by atoms with Gasteiger partial charge in [0.05, 0.1) is 0 Å². The summed E-state index contributed by atoms with van der Waals surface area (Å²) in [5, 5.41) is 27.8. The number of phenols is 2. The van der Waals surface area contributed by atoms with Gasteiger partial charge in [0.25, 0.3) is 0 Å². The van der Waals surface area contributed by atoms with Crippen molar-refractivity contribution in [1.29, 1.82) is 0 Å². The van der Waals surface area contributed by atoms with Gasteiger partial charge < -0.3 is 0 Å². The van der Waals surface area contributed by atoms with E-state index >= 15 is 0 Å². The van der Waals surface area contributed by atoms with Crippen molar-refractivity contribution in [2.75, 3.05) is 0 Å². The van der Waals surface area contributed by atoms with Gasteiger partial charge in [0, 0.05) is 0 Å². The van der Waals surface area contributed by atoms with Gasteiger partial charge in [-0.3, -0.25) is 0 Å². The normalized spacial score (nSPS) is 12.1. The van der Waals surface area contributed by atoms with Crippen LogP contribution in [0.5, 0.6) is 11.5 Å². The second-order valence-electron chi connectivity index (χ2n) is 5.45. The molecule has 1 aromatic heterocycles. The first kappa shape index (κ1) is 17.9. The van der Waals surface area contributed by atoms with Crippen LogP contribution in [-0.2, 0) is 3.74 Å². The number of aromatic hydroxyl groups is 2. The molecule has 0 spiro atoms. The second kappa shape index (κ2) is 6.45. The van der Waals surface area contributed by atoms with Crippen molar-refractivity contribution in [3.8, 4) is 11.5 Å². The van der Waals surface area contributed by atoms with Gasteiger partial charge in [-0.2, -0.15) is 0 Å². The van der Waals surface area contributed by atoms with Crippen LogP contribution in [0.3, 0.4) is 0 Å². The molecular weight excluding hydrogens is 407 g/mol. The predicted molar refractivity (Wildman–Crippen MR) is 91.7 cm³/mol. The number of azo groups is 1. The van der Waals surface area contributed by atoms with Crippen molar-refractivity contribution in [3.63, 3.8) is 0 Å². The number of hydrogen-bond donors (Lipinski definition) is 4. The first-order chi connectivity index (χ1) is 12.2. The average Bonchev–Trinajstić information content (AvgIpc) is 2.56. The van der Waals surface area contributed by atoms with Crippen LogP contribution >= 0.6 is 0 Å². The summed E-state index contributed by atoms with van der Waals surface area (Å²) < 4.78 is 35.2. The summed E-state index contributed by atoms with van der Waals surface area (Å²) in [4.78, 5) is 11.6. The Morgan fingerprint density at radius 3 is 2.46 bits per heavy atom. The van der Waals surface area contributed by atoms with Crippen molar-refractivity contribution < 1.29 is 26.6 Å². The van der Waals surface area contributed by atoms with E-state index in [1.807, 2.05) is 0 Å². The van der Waals surface area contributed by atoms with Crippen molar-refractivity contribution in [2.24, 2.45) is 10.2 Å². The third-order valence-electron chi connectivity index (χ3n) is 3.62. The summed E-state index contributed by atoms with van der Waals surface area (Å²) in [5.74, 6) is -1.18. The molecule has 0 radical (unpaired) electrons. The maximum atomic E-state index is 11.6. The Morgan fingerprint density at radius 1 is 1.08 bits per heavy atom. The Kier molecular flexibility index (Phi) is 4.45. The zero-order valence-corrected chi connectivity index (χ0v) is 15.2. The second-order valence-corrected chi connectivity index (χ2v) is 8.74. The van der Waals surface area contributed by atoms with Gasteiger partial charge >= 0.3 is 148 Å². The first-order valence-corrected chi connectivity index (χ1v) is 10.6. The van der Waals surface area contributed by atoms with Gasteiger partial charge in [0.2, 0.25) is 0 Å². The molecule has 0 atom stereocenters.